The molecule has 54 heavy (non-hydrogen) atoms. The minimum absolute atomic E-state index is 0.0988. The summed E-state index contributed by atoms with van der Waals surface area (Å²) in [5.74, 6) is -2.97. The first-order valence-electron chi connectivity index (χ1n) is 19.4. The zero-order valence-electron chi connectivity index (χ0n) is 32.6. The molecular weight excluding hydrogens is 729 g/mol. The van der Waals surface area contributed by atoms with E-state index in [9.17, 15) is 28.8 Å². The standard InChI is InChI=1S/C38H56N8O6S2/c1-9-21(7)29-37(51)45-15-11-13-25(45)33(49)41-28(20(5)6)36-40-24(18-54-36)32(48)44-30(22(8)10-2)38(52)46-16-12-14-26(46)34(50)42-27(19(3)4)35-39-23(17-53-35)31(47)43-29/h17-22,25-30H,9-16H2,1-8H3,(H,41,49)(H,42,50)(H,43,47)(H,44,48)/t21-,22-,25-,26-,27+,28+,29-,30-/m0/s1. The molecule has 2 saturated heterocycles. The fourth-order valence-electron chi connectivity index (χ4n) is 7.36. The van der Waals surface area contributed by atoms with Crippen molar-refractivity contribution in [2.45, 2.75) is 130 Å². The van der Waals surface area contributed by atoms with E-state index in [0.29, 0.717) is 61.6 Å². The molecule has 6 amide bonds. The zero-order chi connectivity index (χ0) is 39.4. The number of aromatic nitrogens is 2. The Morgan fingerprint density at radius 2 is 0.981 bits per heavy atom. The quantitative estimate of drug-likeness (QED) is 0.336. The Kier molecular flexibility index (Phi) is 13.5. The molecule has 0 aliphatic carbocycles. The van der Waals surface area contributed by atoms with Gasteiger partial charge < -0.3 is 31.1 Å². The van der Waals surface area contributed by atoms with E-state index in [-0.39, 0.29) is 58.7 Å². The van der Waals surface area contributed by atoms with Crippen LogP contribution >= 0.6 is 22.7 Å². The number of rotatable bonds is 6. The van der Waals surface area contributed by atoms with E-state index >= 15 is 0 Å². The Balaban J connectivity index is 1.54. The van der Waals surface area contributed by atoms with Crippen molar-refractivity contribution in [1.29, 1.82) is 0 Å². The lowest BCUT2D eigenvalue weighted by Gasteiger charge is -2.32. The van der Waals surface area contributed by atoms with Crippen LogP contribution in [-0.2, 0) is 19.2 Å². The van der Waals surface area contributed by atoms with Gasteiger partial charge in [-0.3, -0.25) is 28.8 Å². The van der Waals surface area contributed by atoms with Crippen molar-refractivity contribution in [3.63, 3.8) is 0 Å². The molecule has 0 radical (unpaired) electrons. The minimum Gasteiger partial charge on any atom is -0.345 e. The molecule has 0 aromatic carbocycles. The first kappa shape index (κ1) is 41.2. The number of nitrogens with one attached hydrogen (secondary N) is 4. The number of hydrogen-bond acceptors (Lipinski definition) is 10. The number of amides is 6. The topological polar surface area (TPSA) is 183 Å². The van der Waals surface area contributed by atoms with Crippen LogP contribution in [0.1, 0.15) is 137 Å². The van der Waals surface area contributed by atoms with Crippen LogP contribution in [0.2, 0.25) is 0 Å². The molecule has 5 rings (SSSR count). The van der Waals surface area contributed by atoms with Crippen LogP contribution in [0.4, 0.5) is 0 Å². The van der Waals surface area contributed by atoms with Gasteiger partial charge in [-0.05, 0) is 49.4 Å². The molecule has 2 aromatic rings. The van der Waals surface area contributed by atoms with Gasteiger partial charge in [-0.1, -0.05) is 68.2 Å². The van der Waals surface area contributed by atoms with Crippen LogP contribution in [0.15, 0.2) is 10.8 Å². The molecule has 5 heterocycles. The van der Waals surface area contributed by atoms with Gasteiger partial charge in [0.05, 0.1) is 12.1 Å². The Hall–Kier alpha value is -3.92. The minimum atomic E-state index is -0.891. The summed E-state index contributed by atoms with van der Waals surface area (Å²) in [5, 5.41) is 16.4. The predicted molar refractivity (Wildman–Crippen MR) is 207 cm³/mol. The second kappa shape index (κ2) is 17.7. The largest absolute Gasteiger partial charge is 0.345 e. The molecule has 0 spiro atoms. The summed E-state index contributed by atoms with van der Waals surface area (Å²) in [6.45, 7) is 16.2. The number of nitrogens with zero attached hydrogens (tertiary/aromatic N) is 4. The summed E-state index contributed by atoms with van der Waals surface area (Å²) in [5.41, 5.74) is 0.266. The highest BCUT2D eigenvalue weighted by Gasteiger charge is 2.42. The maximum atomic E-state index is 14.2. The summed E-state index contributed by atoms with van der Waals surface area (Å²) in [6.07, 6.45) is 3.42. The third-order valence-electron chi connectivity index (χ3n) is 11.2. The summed E-state index contributed by atoms with van der Waals surface area (Å²) in [6, 6.07) is -4.35. The van der Waals surface area contributed by atoms with Gasteiger partial charge in [-0.25, -0.2) is 9.97 Å². The third-order valence-corrected chi connectivity index (χ3v) is 13.0. The first-order chi connectivity index (χ1) is 25.7. The molecule has 16 heteroatoms. The summed E-state index contributed by atoms with van der Waals surface area (Å²) in [7, 11) is 0. The van der Waals surface area contributed by atoms with Crippen LogP contribution in [0.3, 0.4) is 0 Å². The lowest BCUT2D eigenvalue weighted by molar-refractivity contribution is -0.141. The van der Waals surface area contributed by atoms with Crippen LogP contribution in [-0.4, -0.2) is 92.5 Å². The van der Waals surface area contributed by atoms with Crippen LogP contribution in [0.25, 0.3) is 0 Å². The number of hydrogen-bond donors (Lipinski definition) is 4. The molecular formula is C38H56N8O6S2. The SMILES string of the molecule is CC[C@H](C)[C@@H]1NC(=O)c2csc(n2)[C@@H](C(C)C)NC(=O)[C@@H]2CCCN2C(=O)[C@H]([C@@H](C)CC)NC(=O)c2csc(n2)[C@@H](C(C)C)NC(=O)[C@@H]2CCCN2C1=O. The number of carbonyl (C=O) groups excluding carboxylic acids is 6. The summed E-state index contributed by atoms with van der Waals surface area (Å²) in [4.78, 5) is 96.2. The number of carbonyl (C=O) groups is 6. The third kappa shape index (κ3) is 8.79. The normalized spacial score (nSPS) is 27.5. The van der Waals surface area contributed by atoms with Crippen LogP contribution in [0.5, 0.6) is 0 Å². The van der Waals surface area contributed by atoms with Crippen molar-refractivity contribution in [3.05, 3.63) is 32.2 Å². The first-order valence-corrected chi connectivity index (χ1v) is 21.2. The monoisotopic (exact) mass is 784 g/mol. The van der Waals surface area contributed by atoms with E-state index in [4.69, 9.17) is 0 Å². The number of thiazole rings is 2. The van der Waals surface area contributed by atoms with Gasteiger partial charge in [0.25, 0.3) is 11.8 Å². The van der Waals surface area contributed by atoms with E-state index in [2.05, 4.69) is 31.2 Å². The molecule has 296 valence electrons. The van der Waals surface area contributed by atoms with E-state index in [1.807, 2.05) is 55.4 Å². The molecule has 4 bridgehead atoms. The summed E-state index contributed by atoms with van der Waals surface area (Å²) >= 11 is 2.49. The highest BCUT2D eigenvalue weighted by molar-refractivity contribution is 7.10. The molecule has 3 aliphatic heterocycles. The fourth-order valence-corrected chi connectivity index (χ4v) is 9.40. The maximum absolute atomic E-state index is 14.2. The fraction of sp³-hybridized carbons (Fsp3) is 0.684. The van der Waals surface area contributed by atoms with Gasteiger partial charge in [-0.15, -0.1) is 22.7 Å². The number of fused-ring (bicyclic) bond motifs is 6. The van der Waals surface area contributed by atoms with Crippen molar-refractivity contribution in [1.82, 2.24) is 41.0 Å². The molecule has 3 aliphatic rings. The predicted octanol–water partition coefficient (Wildman–Crippen LogP) is 4.21. The second-order valence-electron chi connectivity index (χ2n) is 15.7. The van der Waals surface area contributed by atoms with Gasteiger partial charge in [0.2, 0.25) is 23.6 Å². The van der Waals surface area contributed by atoms with Gasteiger partial charge in [0.1, 0.15) is 45.6 Å². The molecule has 0 unspecified atom stereocenters. The van der Waals surface area contributed by atoms with Gasteiger partial charge in [-0.2, -0.15) is 0 Å². The van der Waals surface area contributed by atoms with E-state index in [1.54, 1.807) is 20.6 Å². The lowest BCUT2D eigenvalue weighted by Crippen LogP contribution is -2.56. The average Bonchev–Trinajstić information content (AvgIpc) is 3.98. The van der Waals surface area contributed by atoms with E-state index in [1.165, 1.54) is 22.7 Å². The molecule has 0 saturated carbocycles. The molecule has 2 aromatic heterocycles. The van der Waals surface area contributed by atoms with Crippen molar-refractivity contribution in [2.24, 2.45) is 23.7 Å². The molecule has 2 fully saturated rings. The van der Waals surface area contributed by atoms with Crippen molar-refractivity contribution >= 4 is 58.1 Å². The molecule has 14 nitrogen and oxygen atoms in total. The highest BCUT2D eigenvalue weighted by atomic mass is 32.1. The lowest BCUT2D eigenvalue weighted by atomic mass is 9.97. The zero-order valence-corrected chi connectivity index (χ0v) is 34.3. The van der Waals surface area contributed by atoms with Crippen LogP contribution < -0.4 is 21.3 Å². The summed E-state index contributed by atoms with van der Waals surface area (Å²) < 4.78 is 0. The second-order valence-corrected chi connectivity index (χ2v) is 17.4. The van der Waals surface area contributed by atoms with Gasteiger partial charge in [0.15, 0.2) is 0 Å². The average molecular weight is 785 g/mol. The molecule has 4 N–H and O–H groups in total. The Morgan fingerprint density at radius 1 is 0.611 bits per heavy atom. The van der Waals surface area contributed by atoms with Crippen molar-refractivity contribution in [2.75, 3.05) is 13.1 Å². The van der Waals surface area contributed by atoms with Crippen LogP contribution in [0, 0.1) is 23.7 Å². The maximum Gasteiger partial charge on any atom is 0.271 e. The smallest absolute Gasteiger partial charge is 0.271 e. The Bertz CT molecular complexity index is 1590. The van der Waals surface area contributed by atoms with E-state index < -0.39 is 48.1 Å². The van der Waals surface area contributed by atoms with Gasteiger partial charge >= 0.3 is 0 Å². The van der Waals surface area contributed by atoms with Gasteiger partial charge in [0, 0.05) is 23.8 Å². The Morgan fingerprint density at radius 3 is 1.31 bits per heavy atom. The van der Waals surface area contributed by atoms with Crippen molar-refractivity contribution in [3.8, 4) is 0 Å². The highest BCUT2D eigenvalue weighted by Crippen LogP contribution is 2.30. The Labute approximate surface area is 326 Å². The molecule has 8 atom stereocenters. The van der Waals surface area contributed by atoms with E-state index in [0.717, 1.165) is 0 Å². The van der Waals surface area contributed by atoms with Crippen molar-refractivity contribution < 1.29 is 28.8 Å².